The van der Waals surface area contributed by atoms with Gasteiger partial charge in [-0.15, -0.1) is 0 Å². The lowest BCUT2D eigenvalue weighted by Crippen LogP contribution is -2.54. The van der Waals surface area contributed by atoms with Crippen LogP contribution in [0.5, 0.6) is 0 Å². The second kappa shape index (κ2) is 8.77. The monoisotopic (exact) mass is 490 g/mol. The molecule has 11 heteroatoms. The molecule has 3 rings (SSSR count). The lowest BCUT2D eigenvalue weighted by molar-refractivity contribution is -0.258. The minimum atomic E-state index is -4.89. The number of hydrogen-bond donors (Lipinski definition) is 1. The van der Waals surface area contributed by atoms with Gasteiger partial charge in [0, 0.05) is 53.3 Å². The zero-order chi connectivity index (χ0) is 23.9. The van der Waals surface area contributed by atoms with Gasteiger partial charge in [0.25, 0.3) is 0 Å². The van der Waals surface area contributed by atoms with Crippen molar-refractivity contribution < 1.29 is 30.9 Å². The van der Waals surface area contributed by atoms with Crippen LogP contribution in [0.25, 0.3) is 0 Å². The molecule has 32 heavy (non-hydrogen) atoms. The van der Waals surface area contributed by atoms with Crippen LogP contribution < -0.4 is 4.90 Å². The van der Waals surface area contributed by atoms with Crippen molar-refractivity contribution in [3.05, 3.63) is 54.1 Å². The van der Waals surface area contributed by atoms with Crippen LogP contribution in [0.1, 0.15) is 19.4 Å². The summed E-state index contributed by atoms with van der Waals surface area (Å²) in [6.07, 6.45) is -3.29. The summed E-state index contributed by atoms with van der Waals surface area (Å²) in [6, 6.07) is 11.0. The second-order valence-corrected chi connectivity index (χ2v) is 11.2. The van der Waals surface area contributed by atoms with Crippen LogP contribution in [-0.2, 0) is 26.4 Å². The molecule has 6 nitrogen and oxygen atoms in total. The lowest BCUT2D eigenvalue weighted by Gasteiger charge is -2.40. The number of nitrogens with zero attached hydrogens (tertiary/aromatic N) is 2. The molecular formula is C21H25F3N2O4S2. The summed E-state index contributed by atoms with van der Waals surface area (Å²) in [4.78, 5) is 2.60. The van der Waals surface area contributed by atoms with Crippen molar-refractivity contribution in [1.82, 2.24) is 4.31 Å². The molecule has 176 valence electrons. The first-order valence-corrected chi connectivity index (χ1v) is 12.8. The Kier molecular flexibility index (Phi) is 6.77. The summed E-state index contributed by atoms with van der Waals surface area (Å²) >= 11 is 0. The largest absolute Gasteiger partial charge is 0.421 e. The number of anilines is 1. The molecule has 2 aromatic carbocycles. The summed E-state index contributed by atoms with van der Waals surface area (Å²) < 4.78 is 78.2. The fourth-order valence-corrected chi connectivity index (χ4v) is 5.76. The first kappa shape index (κ1) is 24.7. The van der Waals surface area contributed by atoms with Gasteiger partial charge in [0.05, 0.1) is 4.90 Å². The minimum Gasteiger partial charge on any atom is -0.376 e. The number of benzene rings is 2. The van der Waals surface area contributed by atoms with Gasteiger partial charge in [-0.05, 0) is 55.8 Å². The molecule has 0 radical (unpaired) electrons. The predicted molar refractivity (Wildman–Crippen MR) is 116 cm³/mol. The molecule has 0 aliphatic carbocycles. The van der Waals surface area contributed by atoms with Crippen LogP contribution >= 0.6 is 0 Å². The van der Waals surface area contributed by atoms with Crippen molar-refractivity contribution in [2.45, 2.75) is 41.5 Å². The van der Waals surface area contributed by atoms with Crippen molar-refractivity contribution >= 4 is 26.5 Å². The maximum Gasteiger partial charge on any atom is 0.421 e. The van der Waals surface area contributed by atoms with Gasteiger partial charge < -0.3 is 10.0 Å². The zero-order valence-corrected chi connectivity index (χ0v) is 19.5. The van der Waals surface area contributed by atoms with E-state index in [0.29, 0.717) is 24.9 Å². The highest BCUT2D eigenvalue weighted by atomic mass is 32.2. The van der Waals surface area contributed by atoms with Crippen LogP contribution in [0.4, 0.5) is 18.9 Å². The number of alkyl halides is 3. The van der Waals surface area contributed by atoms with Gasteiger partial charge in [-0.3, -0.25) is 4.21 Å². The molecule has 1 saturated heterocycles. The normalized spacial score (nSPS) is 21.2. The van der Waals surface area contributed by atoms with Crippen molar-refractivity contribution in [2.75, 3.05) is 30.8 Å². The summed E-state index contributed by atoms with van der Waals surface area (Å²) in [5.74, 6) is 0. The summed E-state index contributed by atoms with van der Waals surface area (Å²) in [5, 5.41) is 9.78. The number of rotatable bonds is 5. The molecule has 1 N–H and O–H groups in total. The highest BCUT2D eigenvalue weighted by Crippen LogP contribution is 2.38. The molecule has 0 spiro atoms. The third kappa shape index (κ3) is 4.70. The van der Waals surface area contributed by atoms with Gasteiger partial charge in [-0.2, -0.15) is 17.5 Å². The van der Waals surface area contributed by atoms with E-state index in [9.17, 15) is 30.9 Å². The van der Waals surface area contributed by atoms with E-state index in [0.717, 1.165) is 30.0 Å². The zero-order valence-electron chi connectivity index (χ0n) is 17.8. The highest BCUT2D eigenvalue weighted by Gasteiger charge is 2.51. The molecule has 0 saturated carbocycles. The van der Waals surface area contributed by atoms with E-state index in [1.807, 2.05) is 17.0 Å². The average Bonchev–Trinajstić information content (AvgIpc) is 2.72. The number of piperazine rings is 1. The van der Waals surface area contributed by atoms with E-state index in [-0.39, 0.29) is 17.5 Å². The smallest absolute Gasteiger partial charge is 0.376 e. The minimum absolute atomic E-state index is 0.130. The maximum atomic E-state index is 13.1. The molecule has 1 aliphatic rings. The van der Waals surface area contributed by atoms with Crippen molar-refractivity contribution in [1.29, 1.82) is 0 Å². The standard InChI is InChI=1S/C21H25F3N2O4S2/c1-15-14-25(17-6-8-18(9-7-17)31(3)28)12-13-26(15)32(29,30)19-10-4-16(5-11-19)20(2,27)21(22,23)24/h4-11,15,27H,12-14H2,1-3H3/t15-,20-,31?/m1/s1. The van der Waals surface area contributed by atoms with E-state index in [4.69, 9.17) is 0 Å². The van der Waals surface area contributed by atoms with Gasteiger partial charge in [0.2, 0.25) is 10.0 Å². The molecule has 1 unspecified atom stereocenters. The Morgan fingerprint density at radius 3 is 2.06 bits per heavy atom. The fraction of sp³-hybridized carbons (Fsp3) is 0.429. The molecule has 1 heterocycles. The summed E-state index contributed by atoms with van der Waals surface area (Å²) in [6.45, 7) is 3.45. The Morgan fingerprint density at radius 1 is 1.03 bits per heavy atom. The number of aliphatic hydroxyl groups is 1. The van der Waals surface area contributed by atoms with Crippen LogP contribution in [-0.4, -0.2) is 60.1 Å². The second-order valence-electron chi connectivity index (χ2n) is 7.95. The summed E-state index contributed by atoms with van der Waals surface area (Å²) in [7, 11) is -5.01. The van der Waals surface area contributed by atoms with E-state index in [1.54, 1.807) is 25.3 Å². The number of halogens is 3. The molecule has 2 aromatic rings. The van der Waals surface area contributed by atoms with E-state index in [1.165, 1.54) is 4.31 Å². The van der Waals surface area contributed by atoms with Crippen LogP contribution in [0.3, 0.4) is 0 Å². The predicted octanol–water partition coefficient (Wildman–Crippen LogP) is 3.09. The van der Waals surface area contributed by atoms with Crippen LogP contribution in [0.15, 0.2) is 58.3 Å². The number of hydrogen-bond acceptors (Lipinski definition) is 5. The topological polar surface area (TPSA) is 77.9 Å². The van der Waals surface area contributed by atoms with Crippen molar-refractivity contribution in [3.63, 3.8) is 0 Å². The molecule has 0 amide bonds. The van der Waals surface area contributed by atoms with E-state index < -0.39 is 38.2 Å². The van der Waals surface area contributed by atoms with Gasteiger partial charge in [0.15, 0.2) is 5.60 Å². The van der Waals surface area contributed by atoms with Crippen LogP contribution in [0.2, 0.25) is 0 Å². The maximum absolute atomic E-state index is 13.1. The van der Waals surface area contributed by atoms with Crippen LogP contribution in [0, 0.1) is 0 Å². The fourth-order valence-electron chi connectivity index (χ4n) is 3.63. The third-order valence-corrected chi connectivity index (χ3v) is 8.64. The molecule has 0 aromatic heterocycles. The molecule has 3 atom stereocenters. The molecule has 0 bridgehead atoms. The van der Waals surface area contributed by atoms with E-state index in [2.05, 4.69) is 0 Å². The highest BCUT2D eigenvalue weighted by molar-refractivity contribution is 7.89. The van der Waals surface area contributed by atoms with Crippen molar-refractivity contribution in [3.8, 4) is 0 Å². The number of sulfonamides is 1. The van der Waals surface area contributed by atoms with Gasteiger partial charge >= 0.3 is 6.18 Å². The molecule has 1 fully saturated rings. The summed E-state index contributed by atoms with van der Waals surface area (Å²) in [5.41, 5.74) is -2.62. The first-order valence-electron chi connectivity index (χ1n) is 9.85. The Labute approximate surface area is 188 Å². The molecule has 1 aliphatic heterocycles. The Balaban J connectivity index is 1.76. The Morgan fingerprint density at radius 2 is 1.59 bits per heavy atom. The van der Waals surface area contributed by atoms with Gasteiger partial charge in [-0.25, -0.2) is 8.42 Å². The first-order chi connectivity index (χ1) is 14.7. The SMILES string of the molecule is C[C@@H]1CN(c2ccc(S(C)=O)cc2)CCN1S(=O)(=O)c1ccc([C@@](C)(O)C(F)(F)F)cc1. The quantitative estimate of drug-likeness (QED) is 0.697. The van der Waals surface area contributed by atoms with E-state index >= 15 is 0 Å². The third-order valence-electron chi connectivity index (χ3n) is 5.68. The lowest BCUT2D eigenvalue weighted by atomic mass is 9.96. The molecular weight excluding hydrogens is 465 g/mol. The average molecular weight is 491 g/mol. The van der Waals surface area contributed by atoms with Gasteiger partial charge in [-0.1, -0.05) is 12.1 Å². The Bertz CT molecular complexity index is 1090. The Hall–Kier alpha value is -1.95. The van der Waals surface area contributed by atoms with Gasteiger partial charge in [0.1, 0.15) is 0 Å². The van der Waals surface area contributed by atoms with Crippen molar-refractivity contribution in [2.24, 2.45) is 0 Å².